The lowest BCUT2D eigenvalue weighted by atomic mass is 9.88. The van der Waals surface area contributed by atoms with Crippen molar-refractivity contribution >= 4 is 23.2 Å². The summed E-state index contributed by atoms with van der Waals surface area (Å²) in [6.45, 7) is 0.291. The maximum absolute atomic E-state index is 12.7. The molecule has 0 spiro atoms. The van der Waals surface area contributed by atoms with Crippen molar-refractivity contribution in [3.8, 4) is 0 Å². The monoisotopic (exact) mass is 335 g/mol. The lowest BCUT2D eigenvalue weighted by Crippen LogP contribution is -2.46. The number of anilines is 2. The molecular weight excluding hydrogens is 314 g/mol. The molecule has 0 radical (unpaired) electrons. The molecule has 0 fully saturated rings. The average molecular weight is 335 g/mol. The van der Waals surface area contributed by atoms with Gasteiger partial charge in [-0.1, -0.05) is 36.4 Å². The highest BCUT2D eigenvalue weighted by Gasteiger charge is 2.27. The van der Waals surface area contributed by atoms with Gasteiger partial charge in [0.15, 0.2) is 0 Å². The Morgan fingerprint density at radius 3 is 2.88 bits per heavy atom. The van der Waals surface area contributed by atoms with Crippen LogP contribution >= 0.6 is 0 Å². The predicted octanol–water partition coefficient (Wildman–Crippen LogP) is 2.64. The van der Waals surface area contributed by atoms with Gasteiger partial charge in [-0.2, -0.15) is 0 Å². The van der Waals surface area contributed by atoms with Crippen molar-refractivity contribution in [1.82, 2.24) is 5.32 Å². The lowest BCUT2D eigenvalue weighted by Gasteiger charge is -2.31. The number of nitrogens with zero attached hydrogens (tertiary/aromatic N) is 1. The SMILES string of the molecule is O=C1CN(C(=O)CN[C@@H]2CCCc3ccccc32)c2ccccc2N1. The van der Waals surface area contributed by atoms with Crippen molar-refractivity contribution in [2.45, 2.75) is 25.3 Å². The van der Waals surface area contributed by atoms with E-state index in [1.807, 2.05) is 30.3 Å². The summed E-state index contributed by atoms with van der Waals surface area (Å²) in [5, 5.41) is 6.21. The van der Waals surface area contributed by atoms with Crippen LogP contribution in [0.4, 0.5) is 11.4 Å². The maximum Gasteiger partial charge on any atom is 0.244 e. The molecule has 1 aliphatic carbocycles. The van der Waals surface area contributed by atoms with Crippen molar-refractivity contribution in [2.75, 3.05) is 23.3 Å². The highest BCUT2D eigenvalue weighted by atomic mass is 16.2. The van der Waals surface area contributed by atoms with Gasteiger partial charge in [0.25, 0.3) is 0 Å². The molecule has 0 saturated carbocycles. The molecule has 0 unspecified atom stereocenters. The van der Waals surface area contributed by atoms with Crippen LogP contribution in [0.3, 0.4) is 0 Å². The molecular formula is C20H21N3O2. The van der Waals surface area contributed by atoms with E-state index in [4.69, 9.17) is 0 Å². The largest absolute Gasteiger partial charge is 0.323 e. The van der Waals surface area contributed by atoms with Crippen molar-refractivity contribution < 1.29 is 9.59 Å². The summed E-state index contributed by atoms with van der Waals surface area (Å²) in [6.07, 6.45) is 3.25. The zero-order chi connectivity index (χ0) is 17.2. The Hall–Kier alpha value is -2.66. The van der Waals surface area contributed by atoms with Gasteiger partial charge in [0.1, 0.15) is 6.54 Å². The third-order valence-electron chi connectivity index (χ3n) is 4.94. The number of amides is 2. The molecule has 128 valence electrons. The quantitative estimate of drug-likeness (QED) is 0.906. The van der Waals surface area contributed by atoms with Crippen LogP contribution in [0, 0.1) is 0 Å². The molecule has 4 rings (SSSR count). The van der Waals surface area contributed by atoms with Gasteiger partial charge in [-0.15, -0.1) is 0 Å². The van der Waals surface area contributed by atoms with E-state index in [-0.39, 0.29) is 30.9 Å². The highest BCUT2D eigenvalue weighted by molar-refractivity contribution is 6.10. The third-order valence-corrected chi connectivity index (χ3v) is 4.94. The predicted molar refractivity (Wildman–Crippen MR) is 97.5 cm³/mol. The first-order valence-electron chi connectivity index (χ1n) is 8.73. The first-order valence-corrected chi connectivity index (χ1v) is 8.73. The fraction of sp³-hybridized carbons (Fsp3) is 0.300. The second-order valence-electron chi connectivity index (χ2n) is 6.57. The molecule has 25 heavy (non-hydrogen) atoms. The maximum atomic E-state index is 12.7. The van der Waals surface area contributed by atoms with Crippen LogP contribution in [0.5, 0.6) is 0 Å². The van der Waals surface area contributed by atoms with Crippen molar-refractivity contribution in [3.63, 3.8) is 0 Å². The zero-order valence-corrected chi connectivity index (χ0v) is 14.0. The molecule has 5 nitrogen and oxygen atoms in total. The van der Waals surface area contributed by atoms with Gasteiger partial charge in [0, 0.05) is 6.04 Å². The van der Waals surface area contributed by atoms with E-state index in [0.717, 1.165) is 24.9 Å². The fourth-order valence-electron chi connectivity index (χ4n) is 3.73. The minimum Gasteiger partial charge on any atom is -0.323 e. The van der Waals surface area contributed by atoms with Gasteiger partial charge in [-0.3, -0.25) is 14.5 Å². The van der Waals surface area contributed by atoms with E-state index < -0.39 is 0 Å². The van der Waals surface area contributed by atoms with E-state index in [9.17, 15) is 9.59 Å². The summed E-state index contributed by atoms with van der Waals surface area (Å²) in [4.78, 5) is 26.2. The number of nitrogens with one attached hydrogen (secondary N) is 2. The number of fused-ring (bicyclic) bond motifs is 2. The van der Waals surface area contributed by atoms with Crippen LogP contribution in [0.2, 0.25) is 0 Å². The molecule has 1 heterocycles. The molecule has 2 amide bonds. The molecule has 1 aliphatic heterocycles. The zero-order valence-electron chi connectivity index (χ0n) is 14.0. The number of para-hydroxylation sites is 2. The first-order chi connectivity index (χ1) is 12.2. The normalized spacial score (nSPS) is 19.0. The van der Waals surface area contributed by atoms with Crippen molar-refractivity contribution in [1.29, 1.82) is 0 Å². The van der Waals surface area contributed by atoms with E-state index in [0.29, 0.717) is 5.69 Å². The van der Waals surface area contributed by atoms with Crippen LogP contribution < -0.4 is 15.5 Å². The number of benzene rings is 2. The topological polar surface area (TPSA) is 61.4 Å². The standard InChI is InChI=1S/C20H21N3O2/c24-19-13-23(18-11-4-3-9-17(18)22-19)20(25)12-21-16-10-5-7-14-6-1-2-8-15(14)16/h1-4,6,8-9,11,16,21H,5,7,10,12-13H2,(H,22,24)/t16-/m1/s1. The van der Waals surface area contributed by atoms with Gasteiger partial charge in [-0.25, -0.2) is 0 Å². The molecule has 0 bridgehead atoms. The Morgan fingerprint density at radius 2 is 1.96 bits per heavy atom. The molecule has 1 atom stereocenters. The van der Waals surface area contributed by atoms with Gasteiger partial charge < -0.3 is 10.6 Å². The second-order valence-corrected chi connectivity index (χ2v) is 6.57. The summed E-state index contributed by atoms with van der Waals surface area (Å²) >= 11 is 0. The van der Waals surface area contributed by atoms with Crippen LogP contribution in [0.25, 0.3) is 0 Å². The number of rotatable bonds is 3. The minimum atomic E-state index is -0.157. The first kappa shape index (κ1) is 15.8. The summed E-state index contributed by atoms with van der Waals surface area (Å²) < 4.78 is 0. The van der Waals surface area contributed by atoms with E-state index in [1.165, 1.54) is 11.1 Å². The van der Waals surface area contributed by atoms with Crippen LogP contribution in [-0.2, 0) is 16.0 Å². The highest BCUT2D eigenvalue weighted by Crippen LogP contribution is 2.30. The van der Waals surface area contributed by atoms with E-state index in [1.54, 1.807) is 4.90 Å². The Bertz CT molecular complexity index is 818. The molecule has 0 saturated heterocycles. The van der Waals surface area contributed by atoms with Gasteiger partial charge in [-0.05, 0) is 42.5 Å². The molecule has 0 aromatic heterocycles. The summed E-state index contributed by atoms with van der Waals surface area (Å²) in [5.74, 6) is -0.236. The Kier molecular flexibility index (Phi) is 4.24. The van der Waals surface area contributed by atoms with E-state index in [2.05, 4.69) is 28.8 Å². The third kappa shape index (κ3) is 3.15. The Balaban J connectivity index is 1.48. The smallest absolute Gasteiger partial charge is 0.244 e. The van der Waals surface area contributed by atoms with Crippen LogP contribution in [0.1, 0.15) is 30.0 Å². The van der Waals surface area contributed by atoms with Crippen molar-refractivity contribution in [3.05, 3.63) is 59.7 Å². The number of hydrogen-bond donors (Lipinski definition) is 2. The summed E-state index contributed by atoms with van der Waals surface area (Å²) in [7, 11) is 0. The number of carbonyl (C=O) groups is 2. The second kappa shape index (κ2) is 6.69. The van der Waals surface area contributed by atoms with Crippen LogP contribution in [-0.4, -0.2) is 24.9 Å². The number of carbonyl (C=O) groups excluding carboxylic acids is 2. The molecule has 2 aliphatic rings. The number of aryl methyl sites for hydroxylation is 1. The molecule has 2 aromatic rings. The molecule has 2 N–H and O–H groups in total. The average Bonchev–Trinajstić information content (AvgIpc) is 2.65. The Morgan fingerprint density at radius 1 is 1.16 bits per heavy atom. The number of hydrogen-bond acceptors (Lipinski definition) is 3. The van der Waals surface area contributed by atoms with Gasteiger partial charge >= 0.3 is 0 Å². The summed E-state index contributed by atoms with van der Waals surface area (Å²) in [6, 6.07) is 16.0. The molecule has 5 heteroatoms. The van der Waals surface area contributed by atoms with Gasteiger partial charge in [0.2, 0.25) is 11.8 Å². The van der Waals surface area contributed by atoms with E-state index >= 15 is 0 Å². The fourth-order valence-corrected chi connectivity index (χ4v) is 3.73. The van der Waals surface area contributed by atoms with Gasteiger partial charge in [0.05, 0.1) is 17.9 Å². The van der Waals surface area contributed by atoms with Crippen molar-refractivity contribution in [2.24, 2.45) is 0 Å². The Labute approximate surface area is 147 Å². The van der Waals surface area contributed by atoms with Crippen LogP contribution in [0.15, 0.2) is 48.5 Å². The summed E-state index contributed by atoms with van der Waals surface area (Å²) in [5.41, 5.74) is 4.10. The minimum absolute atomic E-state index is 0.0682. The molecule has 2 aromatic carbocycles. The lowest BCUT2D eigenvalue weighted by molar-refractivity contribution is -0.121.